The molecule has 0 fully saturated rings. The minimum absolute atomic E-state index is 0.0153. The molecule has 0 aliphatic heterocycles. The number of aliphatic carboxylic acids is 1. The third kappa shape index (κ3) is 4.72. The zero-order valence-electron chi connectivity index (χ0n) is 13.1. The molecular formula is C16H14ClNO7S. The molecule has 0 unspecified atom stereocenters. The van der Waals surface area contributed by atoms with Crippen LogP contribution >= 0.6 is 11.6 Å². The quantitative estimate of drug-likeness (QED) is 0.555. The molecule has 8 nitrogen and oxygen atoms in total. The van der Waals surface area contributed by atoms with Crippen LogP contribution in [0.3, 0.4) is 0 Å². The number of aromatic hydroxyl groups is 1. The Morgan fingerprint density at radius 3 is 2.23 bits per heavy atom. The van der Waals surface area contributed by atoms with Crippen molar-refractivity contribution in [1.82, 2.24) is 4.72 Å². The molecule has 1 atom stereocenters. The van der Waals surface area contributed by atoms with Crippen molar-refractivity contribution in [3.8, 4) is 5.75 Å². The molecule has 0 saturated heterocycles. The molecule has 0 heterocycles. The van der Waals surface area contributed by atoms with E-state index >= 15 is 0 Å². The molecule has 0 spiro atoms. The van der Waals surface area contributed by atoms with Gasteiger partial charge in [-0.3, -0.25) is 4.79 Å². The van der Waals surface area contributed by atoms with Crippen molar-refractivity contribution in [3.63, 3.8) is 0 Å². The number of phenols is 1. The third-order valence-corrected chi connectivity index (χ3v) is 5.39. The maximum atomic E-state index is 12.5. The Labute approximate surface area is 153 Å². The van der Waals surface area contributed by atoms with E-state index in [1.807, 2.05) is 4.72 Å². The molecule has 0 saturated carbocycles. The maximum absolute atomic E-state index is 12.5. The predicted octanol–water partition coefficient (Wildman–Crippen LogP) is 1.72. The number of rotatable bonds is 7. The van der Waals surface area contributed by atoms with Crippen LogP contribution in [0.5, 0.6) is 5.75 Å². The third-order valence-electron chi connectivity index (χ3n) is 3.44. The molecule has 0 aliphatic carbocycles. The van der Waals surface area contributed by atoms with Crippen molar-refractivity contribution in [2.45, 2.75) is 17.4 Å². The van der Waals surface area contributed by atoms with E-state index in [1.54, 1.807) is 0 Å². The van der Waals surface area contributed by atoms with E-state index in [4.69, 9.17) is 16.7 Å². The lowest BCUT2D eigenvalue weighted by atomic mass is 10.1. The first kappa shape index (κ1) is 19.7. The summed E-state index contributed by atoms with van der Waals surface area (Å²) in [5.74, 6) is -2.79. The largest absolute Gasteiger partial charge is 0.508 e. The molecule has 138 valence electrons. The van der Waals surface area contributed by atoms with Gasteiger partial charge in [0.2, 0.25) is 10.0 Å². The number of benzene rings is 2. The summed E-state index contributed by atoms with van der Waals surface area (Å²) in [6.07, 6.45) is -0.189. The number of carbonyl (C=O) groups is 2. The van der Waals surface area contributed by atoms with Gasteiger partial charge in [0.15, 0.2) is 0 Å². The van der Waals surface area contributed by atoms with Crippen molar-refractivity contribution >= 4 is 33.6 Å². The number of hydrogen-bond donors (Lipinski definition) is 4. The monoisotopic (exact) mass is 399 g/mol. The number of phenolic OH excluding ortho intramolecular Hbond substituents is 1. The van der Waals surface area contributed by atoms with Crippen LogP contribution in [0, 0.1) is 0 Å². The van der Waals surface area contributed by atoms with Gasteiger partial charge in [-0.15, -0.1) is 0 Å². The van der Waals surface area contributed by atoms with Crippen molar-refractivity contribution in [2.75, 3.05) is 0 Å². The van der Waals surface area contributed by atoms with Gasteiger partial charge in [0.1, 0.15) is 16.7 Å². The fourth-order valence-electron chi connectivity index (χ4n) is 2.14. The highest BCUT2D eigenvalue weighted by atomic mass is 35.5. The molecule has 2 rings (SSSR count). The lowest BCUT2D eigenvalue weighted by Crippen LogP contribution is -2.42. The highest BCUT2D eigenvalue weighted by Crippen LogP contribution is 2.23. The fourth-order valence-corrected chi connectivity index (χ4v) is 3.86. The van der Waals surface area contributed by atoms with E-state index < -0.39 is 32.9 Å². The van der Waals surface area contributed by atoms with Crippen LogP contribution in [-0.2, 0) is 21.2 Å². The number of carboxylic acid groups (broad SMARTS) is 2. The Morgan fingerprint density at radius 2 is 1.69 bits per heavy atom. The predicted molar refractivity (Wildman–Crippen MR) is 92.0 cm³/mol. The Morgan fingerprint density at radius 1 is 1.08 bits per heavy atom. The Hall–Kier alpha value is -2.62. The Kier molecular flexibility index (Phi) is 5.86. The maximum Gasteiger partial charge on any atom is 0.335 e. The topological polar surface area (TPSA) is 141 Å². The first-order valence-electron chi connectivity index (χ1n) is 7.16. The van der Waals surface area contributed by atoms with E-state index in [2.05, 4.69) is 0 Å². The summed E-state index contributed by atoms with van der Waals surface area (Å²) in [6, 6.07) is 7.17. The molecule has 4 N–H and O–H groups in total. The summed E-state index contributed by atoms with van der Waals surface area (Å²) in [4.78, 5) is 21.9. The van der Waals surface area contributed by atoms with E-state index in [9.17, 15) is 28.2 Å². The molecule has 0 amide bonds. The van der Waals surface area contributed by atoms with E-state index in [0.29, 0.717) is 5.56 Å². The number of aromatic carboxylic acids is 1. The van der Waals surface area contributed by atoms with Crippen molar-refractivity contribution in [1.29, 1.82) is 0 Å². The second kappa shape index (κ2) is 7.73. The summed E-state index contributed by atoms with van der Waals surface area (Å²) >= 11 is 5.84. The van der Waals surface area contributed by atoms with Crippen LogP contribution in [0.2, 0.25) is 5.02 Å². The minimum atomic E-state index is -4.39. The first-order valence-corrected chi connectivity index (χ1v) is 9.02. The molecule has 10 heteroatoms. The number of sulfonamides is 1. The number of hydrogen-bond acceptors (Lipinski definition) is 5. The van der Waals surface area contributed by atoms with Crippen LogP contribution < -0.4 is 4.72 Å². The first-order chi connectivity index (χ1) is 12.1. The van der Waals surface area contributed by atoms with Gasteiger partial charge in [-0.25, -0.2) is 13.2 Å². The molecule has 0 bridgehead atoms. The molecule has 0 aliphatic rings. The van der Waals surface area contributed by atoms with Gasteiger partial charge in [0.05, 0.1) is 10.6 Å². The van der Waals surface area contributed by atoms with E-state index in [0.717, 1.165) is 18.2 Å². The van der Waals surface area contributed by atoms with Crippen LogP contribution in [0.25, 0.3) is 0 Å². The van der Waals surface area contributed by atoms with Gasteiger partial charge in [-0.05, 0) is 42.3 Å². The Bertz CT molecular complexity index is 942. The molecule has 2 aromatic rings. The van der Waals surface area contributed by atoms with Gasteiger partial charge in [-0.2, -0.15) is 4.72 Å². The van der Waals surface area contributed by atoms with Gasteiger partial charge >= 0.3 is 11.9 Å². The second-order valence-corrected chi connectivity index (χ2v) is 7.42. The lowest BCUT2D eigenvalue weighted by Gasteiger charge is -2.16. The molecular weight excluding hydrogens is 386 g/mol. The van der Waals surface area contributed by atoms with Crippen LogP contribution in [0.15, 0.2) is 47.4 Å². The summed E-state index contributed by atoms with van der Waals surface area (Å²) in [7, 11) is -4.39. The number of halogens is 1. The second-order valence-electron chi connectivity index (χ2n) is 5.33. The SMILES string of the molecule is O=C(O)c1ccc(Cl)c(S(=O)(=O)N[C@@H](Cc2ccc(O)cc2)C(=O)O)c1. The standard InChI is InChI=1S/C16H14ClNO7S/c17-12-6-3-10(15(20)21)8-14(12)26(24,25)18-13(16(22)23)7-9-1-4-11(19)5-2-9/h1-6,8,13,18-19H,7H2,(H,20,21)(H,22,23)/t13-/m0/s1. The van der Waals surface area contributed by atoms with E-state index in [-0.39, 0.29) is 22.8 Å². The summed E-state index contributed by atoms with van der Waals surface area (Å²) in [6.45, 7) is 0. The fraction of sp³-hybridized carbons (Fsp3) is 0.125. The van der Waals surface area contributed by atoms with Gasteiger partial charge in [0, 0.05) is 0 Å². The normalized spacial score (nSPS) is 12.5. The van der Waals surface area contributed by atoms with Gasteiger partial charge in [0.25, 0.3) is 0 Å². The molecule has 26 heavy (non-hydrogen) atoms. The van der Waals surface area contributed by atoms with Crippen molar-refractivity contribution in [3.05, 3.63) is 58.6 Å². The highest BCUT2D eigenvalue weighted by Gasteiger charge is 2.28. The van der Waals surface area contributed by atoms with Crippen molar-refractivity contribution in [2.24, 2.45) is 0 Å². The minimum Gasteiger partial charge on any atom is -0.508 e. The average Bonchev–Trinajstić information content (AvgIpc) is 2.56. The zero-order chi connectivity index (χ0) is 19.5. The smallest absolute Gasteiger partial charge is 0.335 e. The van der Waals surface area contributed by atoms with E-state index in [1.165, 1.54) is 24.3 Å². The average molecular weight is 400 g/mol. The Balaban J connectivity index is 2.32. The van der Waals surface area contributed by atoms with Crippen LogP contribution in [0.1, 0.15) is 15.9 Å². The summed E-state index contributed by atoms with van der Waals surface area (Å²) in [5.41, 5.74) is 0.170. The zero-order valence-corrected chi connectivity index (χ0v) is 14.7. The summed E-state index contributed by atoms with van der Waals surface area (Å²) in [5, 5.41) is 27.3. The highest BCUT2D eigenvalue weighted by molar-refractivity contribution is 7.89. The lowest BCUT2D eigenvalue weighted by molar-refractivity contribution is -0.138. The number of carboxylic acids is 2. The van der Waals surface area contributed by atoms with Gasteiger partial charge < -0.3 is 15.3 Å². The number of nitrogens with one attached hydrogen (secondary N) is 1. The molecule has 2 aromatic carbocycles. The molecule has 0 radical (unpaired) electrons. The molecule has 0 aromatic heterocycles. The van der Waals surface area contributed by atoms with Crippen LogP contribution in [-0.4, -0.2) is 41.7 Å². The van der Waals surface area contributed by atoms with Gasteiger partial charge in [-0.1, -0.05) is 23.7 Å². The van der Waals surface area contributed by atoms with Crippen LogP contribution in [0.4, 0.5) is 0 Å². The van der Waals surface area contributed by atoms with Crippen molar-refractivity contribution < 1.29 is 33.3 Å². The summed E-state index contributed by atoms with van der Waals surface area (Å²) < 4.78 is 27.0.